The molecule has 0 aliphatic carbocycles. The van der Waals surface area contributed by atoms with Crippen molar-refractivity contribution in [3.05, 3.63) is 136 Å². The predicted octanol–water partition coefficient (Wildman–Crippen LogP) is 4.78. The first kappa shape index (κ1) is 27.6. The number of amides is 2. The van der Waals surface area contributed by atoms with Crippen LogP contribution in [-0.4, -0.2) is 49.8 Å². The molecule has 2 aliphatic rings. The molecule has 1 saturated heterocycles. The maximum atomic E-state index is 14.0. The third-order valence-electron chi connectivity index (χ3n) is 6.89. The molecule has 42 heavy (non-hydrogen) atoms. The van der Waals surface area contributed by atoms with Crippen molar-refractivity contribution in [2.24, 2.45) is 0 Å². The Labute approximate surface area is 251 Å². The van der Waals surface area contributed by atoms with Gasteiger partial charge in [-0.2, -0.15) is 0 Å². The third kappa shape index (κ3) is 5.90. The third-order valence-corrected chi connectivity index (χ3v) is 9.07. The van der Waals surface area contributed by atoms with Crippen LogP contribution in [0.3, 0.4) is 0 Å². The van der Waals surface area contributed by atoms with Gasteiger partial charge in [0.1, 0.15) is 17.1 Å². The molecule has 4 heterocycles. The van der Waals surface area contributed by atoms with E-state index in [0.717, 1.165) is 16.0 Å². The number of hydrogen-bond acceptors (Lipinski definition) is 8. The second-order valence-corrected chi connectivity index (χ2v) is 11.8. The van der Waals surface area contributed by atoms with Crippen LogP contribution < -0.4 is 5.32 Å². The molecule has 8 nitrogen and oxygen atoms in total. The molecule has 210 valence electrons. The van der Waals surface area contributed by atoms with E-state index in [4.69, 9.17) is 4.74 Å². The standard InChI is InChI=1S/C32H26N4O4S2/c37-26(18-25-12-7-17-41-25)35-27-30(38)36-28(23(20-42-31(27)36)13-14-24-19-33-15-16-34-24)32(39)40-29(21-8-3-1-4-9-21)22-10-5-2-6-11-22/h1-17,19,27,29,31H,18,20H2,(H,35,37)/t27-,31-/m1/s1. The fraction of sp³-hybridized carbons (Fsp3) is 0.156. The van der Waals surface area contributed by atoms with Crippen LogP contribution in [0.25, 0.3) is 6.08 Å². The fourth-order valence-electron chi connectivity index (χ4n) is 4.89. The van der Waals surface area contributed by atoms with Crippen molar-refractivity contribution in [3.8, 4) is 0 Å². The number of allylic oxidation sites excluding steroid dienone is 1. The SMILES string of the molecule is O=C(Cc1cccs1)N[C@@H]1C(=O)N2C(C(=O)OC(c3ccccc3)c3ccccc3)=C(C=Cc3cnccn3)CS[C@H]12. The number of nitrogens with one attached hydrogen (secondary N) is 1. The Kier molecular flexibility index (Phi) is 8.25. The van der Waals surface area contributed by atoms with Crippen molar-refractivity contribution in [1.82, 2.24) is 20.2 Å². The maximum absolute atomic E-state index is 14.0. The number of aromatic nitrogens is 2. The molecule has 6 rings (SSSR count). The van der Waals surface area contributed by atoms with E-state index in [0.29, 0.717) is 17.0 Å². The Bertz CT molecular complexity index is 1590. The van der Waals surface area contributed by atoms with Gasteiger partial charge in [-0.25, -0.2) is 4.79 Å². The zero-order valence-corrected chi connectivity index (χ0v) is 24.0. The van der Waals surface area contributed by atoms with E-state index in [1.807, 2.05) is 78.2 Å². The summed E-state index contributed by atoms with van der Waals surface area (Å²) in [6, 6.07) is 22.0. The number of hydrogen-bond donors (Lipinski definition) is 1. The molecule has 0 bridgehead atoms. The Hall–Kier alpha value is -4.54. The van der Waals surface area contributed by atoms with Crippen LogP contribution in [0.5, 0.6) is 0 Å². The van der Waals surface area contributed by atoms with Crippen molar-refractivity contribution in [1.29, 1.82) is 0 Å². The van der Waals surface area contributed by atoms with E-state index >= 15 is 0 Å². The summed E-state index contributed by atoms with van der Waals surface area (Å²) in [7, 11) is 0. The van der Waals surface area contributed by atoms with Gasteiger partial charge in [0, 0.05) is 23.0 Å². The summed E-state index contributed by atoms with van der Waals surface area (Å²) >= 11 is 2.98. The molecule has 2 aliphatic heterocycles. The predicted molar refractivity (Wildman–Crippen MR) is 162 cm³/mol. The number of ether oxygens (including phenoxy) is 1. The molecule has 2 atom stereocenters. The molecule has 4 aromatic rings. The number of carbonyl (C=O) groups is 3. The van der Waals surface area contributed by atoms with Gasteiger partial charge in [-0.15, -0.1) is 23.1 Å². The second kappa shape index (κ2) is 12.5. The first-order chi connectivity index (χ1) is 20.6. The number of carbonyl (C=O) groups excluding carboxylic acids is 3. The van der Waals surface area contributed by atoms with Crippen LogP contribution in [0.15, 0.2) is 114 Å². The molecule has 0 unspecified atom stereocenters. The summed E-state index contributed by atoms with van der Waals surface area (Å²) in [5, 5.41) is 4.36. The van der Waals surface area contributed by atoms with Crippen molar-refractivity contribution in [2.75, 3.05) is 5.75 Å². The van der Waals surface area contributed by atoms with Gasteiger partial charge in [0.05, 0.1) is 18.3 Å². The van der Waals surface area contributed by atoms with E-state index in [2.05, 4.69) is 15.3 Å². The average molecular weight is 595 g/mol. The highest BCUT2D eigenvalue weighted by atomic mass is 32.2. The number of nitrogens with zero attached hydrogens (tertiary/aromatic N) is 3. The Morgan fingerprint density at radius 1 is 1.00 bits per heavy atom. The van der Waals surface area contributed by atoms with Crippen LogP contribution >= 0.6 is 23.1 Å². The number of esters is 1. The second-order valence-electron chi connectivity index (χ2n) is 9.66. The summed E-state index contributed by atoms with van der Waals surface area (Å²) in [6.07, 6.45) is 7.84. The topological polar surface area (TPSA) is 101 Å². The van der Waals surface area contributed by atoms with Crippen LogP contribution in [0.4, 0.5) is 0 Å². The Balaban J connectivity index is 1.30. The number of fused-ring (bicyclic) bond motifs is 1. The van der Waals surface area contributed by atoms with E-state index in [1.54, 1.807) is 30.7 Å². The summed E-state index contributed by atoms with van der Waals surface area (Å²) in [5.41, 5.74) is 3.03. The molecule has 10 heteroatoms. The number of benzene rings is 2. The van der Waals surface area contributed by atoms with Gasteiger partial charge in [-0.3, -0.25) is 24.5 Å². The molecule has 2 aromatic carbocycles. The van der Waals surface area contributed by atoms with Crippen molar-refractivity contribution >= 4 is 47.0 Å². The molecular formula is C32H26N4O4S2. The van der Waals surface area contributed by atoms with Gasteiger partial charge in [0.2, 0.25) is 5.91 Å². The van der Waals surface area contributed by atoms with E-state index < -0.39 is 23.5 Å². The number of rotatable bonds is 9. The highest BCUT2D eigenvalue weighted by molar-refractivity contribution is 8.00. The first-order valence-corrected chi connectivity index (χ1v) is 15.3. The van der Waals surface area contributed by atoms with Crippen LogP contribution in [0.2, 0.25) is 0 Å². The maximum Gasteiger partial charge on any atom is 0.356 e. The average Bonchev–Trinajstić information content (AvgIpc) is 3.55. The highest BCUT2D eigenvalue weighted by Crippen LogP contribution is 2.42. The minimum absolute atomic E-state index is 0.171. The summed E-state index contributed by atoms with van der Waals surface area (Å²) in [5.74, 6) is -0.756. The largest absolute Gasteiger partial charge is 0.448 e. The first-order valence-electron chi connectivity index (χ1n) is 13.3. The molecule has 0 spiro atoms. The molecule has 2 amide bonds. The summed E-state index contributed by atoms with van der Waals surface area (Å²) in [4.78, 5) is 51.0. The molecule has 0 saturated carbocycles. The molecular weight excluding hydrogens is 569 g/mol. The van der Waals surface area contributed by atoms with Crippen LogP contribution in [-0.2, 0) is 25.5 Å². The summed E-state index contributed by atoms with van der Waals surface area (Å²) in [6.45, 7) is 0. The van der Waals surface area contributed by atoms with Gasteiger partial charge in [0.15, 0.2) is 6.10 Å². The lowest BCUT2D eigenvalue weighted by atomic mass is 10.0. The lowest BCUT2D eigenvalue weighted by molar-refractivity contribution is -0.154. The number of thioether (sulfide) groups is 1. The van der Waals surface area contributed by atoms with Gasteiger partial charge in [-0.1, -0.05) is 72.8 Å². The summed E-state index contributed by atoms with van der Waals surface area (Å²) < 4.78 is 6.18. The molecule has 0 radical (unpaired) electrons. The van der Waals surface area contributed by atoms with E-state index in [-0.39, 0.29) is 23.9 Å². The minimum atomic E-state index is -0.727. The van der Waals surface area contributed by atoms with Gasteiger partial charge < -0.3 is 10.1 Å². The van der Waals surface area contributed by atoms with Crippen LogP contribution in [0, 0.1) is 0 Å². The zero-order chi connectivity index (χ0) is 28.9. The molecule has 2 aromatic heterocycles. The van der Waals surface area contributed by atoms with Crippen LogP contribution in [0.1, 0.15) is 27.8 Å². The molecule has 1 fully saturated rings. The lowest BCUT2D eigenvalue weighted by Crippen LogP contribution is -2.70. The van der Waals surface area contributed by atoms with E-state index in [1.165, 1.54) is 28.0 Å². The number of β-lactam (4-membered cyclic amide) rings is 1. The van der Waals surface area contributed by atoms with Gasteiger partial charge in [0.25, 0.3) is 5.91 Å². The van der Waals surface area contributed by atoms with Crippen molar-refractivity contribution in [3.63, 3.8) is 0 Å². The quantitative estimate of drug-likeness (QED) is 0.220. The van der Waals surface area contributed by atoms with Gasteiger partial charge in [-0.05, 0) is 34.2 Å². The smallest absolute Gasteiger partial charge is 0.356 e. The minimum Gasteiger partial charge on any atom is -0.448 e. The normalized spacial score (nSPS) is 18.1. The lowest BCUT2D eigenvalue weighted by Gasteiger charge is -2.49. The zero-order valence-electron chi connectivity index (χ0n) is 22.3. The fourth-order valence-corrected chi connectivity index (χ4v) is 6.91. The van der Waals surface area contributed by atoms with Crippen molar-refractivity contribution < 1.29 is 19.1 Å². The monoisotopic (exact) mass is 594 g/mol. The van der Waals surface area contributed by atoms with Gasteiger partial charge >= 0.3 is 5.97 Å². The van der Waals surface area contributed by atoms with E-state index in [9.17, 15) is 14.4 Å². The Morgan fingerprint density at radius 3 is 2.38 bits per heavy atom. The van der Waals surface area contributed by atoms with Crippen molar-refractivity contribution in [2.45, 2.75) is 23.9 Å². The molecule has 1 N–H and O–H groups in total. The highest BCUT2D eigenvalue weighted by Gasteiger charge is 2.54. The number of thiophene rings is 1. The Morgan fingerprint density at radius 2 is 1.74 bits per heavy atom.